The molecule has 0 aromatic heterocycles. The van der Waals surface area contributed by atoms with E-state index in [1.54, 1.807) is 0 Å². The van der Waals surface area contributed by atoms with E-state index in [4.69, 9.17) is 4.18 Å². The normalized spacial score (nSPS) is 32.9. The highest BCUT2D eigenvalue weighted by Gasteiger charge is 2.48. The van der Waals surface area contributed by atoms with Crippen LogP contribution in [0.5, 0.6) is 0 Å². The van der Waals surface area contributed by atoms with Crippen molar-refractivity contribution in [2.45, 2.75) is 40.0 Å². The highest BCUT2D eigenvalue weighted by Crippen LogP contribution is 2.53. The zero-order valence-corrected chi connectivity index (χ0v) is 12.8. The van der Waals surface area contributed by atoms with Gasteiger partial charge in [0.15, 0.2) is 0 Å². The van der Waals surface area contributed by atoms with Crippen molar-refractivity contribution in [1.29, 1.82) is 0 Å². The zero-order valence-electron chi connectivity index (χ0n) is 12.0. The van der Waals surface area contributed by atoms with E-state index in [1.165, 1.54) is 0 Å². The van der Waals surface area contributed by atoms with Crippen LogP contribution in [-0.4, -0.2) is 21.3 Å². The van der Waals surface area contributed by atoms with Crippen molar-refractivity contribution in [3.05, 3.63) is 12.7 Å². The summed E-state index contributed by atoms with van der Waals surface area (Å²) in [5.41, 5.74) is -0.0704. The van der Waals surface area contributed by atoms with Gasteiger partial charge in [0.1, 0.15) is 0 Å². The van der Waals surface area contributed by atoms with Crippen LogP contribution in [0.3, 0.4) is 0 Å². The van der Waals surface area contributed by atoms with Gasteiger partial charge in [0.05, 0.1) is 12.9 Å². The Hall–Kier alpha value is -0.350. The molecule has 1 aliphatic carbocycles. The molecule has 0 amide bonds. The summed E-state index contributed by atoms with van der Waals surface area (Å²) in [7, 11) is -3.37. The minimum absolute atomic E-state index is 0.0704. The minimum Gasteiger partial charge on any atom is -0.270 e. The lowest BCUT2D eigenvalue weighted by Crippen LogP contribution is -2.38. The van der Waals surface area contributed by atoms with Crippen molar-refractivity contribution in [3.63, 3.8) is 0 Å². The maximum Gasteiger partial charge on any atom is 0.264 e. The summed E-state index contributed by atoms with van der Waals surface area (Å²) in [6.45, 7) is 10.8. The quantitative estimate of drug-likeness (QED) is 0.551. The number of hydrogen-bond acceptors (Lipinski definition) is 3. The van der Waals surface area contributed by atoms with E-state index in [-0.39, 0.29) is 5.41 Å². The van der Waals surface area contributed by atoms with E-state index in [9.17, 15) is 8.42 Å². The first-order valence-electron chi connectivity index (χ1n) is 6.68. The second-order valence-corrected chi connectivity index (χ2v) is 7.67. The number of hydrogen-bond donors (Lipinski definition) is 0. The number of allylic oxidation sites excluding steroid dienone is 1. The van der Waals surface area contributed by atoms with Gasteiger partial charge in [0, 0.05) is 5.41 Å². The molecule has 0 spiro atoms. The zero-order chi connectivity index (χ0) is 14.0. The lowest BCUT2D eigenvalue weighted by molar-refractivity contribution is 0.0466. The smallest absolute Gasteiger partial charge is 0.264 e. The van der Waals surface area contributed by atoms with Crippen LogP contribution >= 0.6 is 0 Å². The molecule has 18 heavy (non-hydrogen) atoms. The molecule has 1 rings (SSSR count). The third-order valence-corrected chi connectivity index (χ3v) is 5.05. The van der Waals surface area contributed by atoms with Gasteiger partial charge in [-0.15, -0.1) is 6.58 Å². The highest BCUT2D eigenvalue weighted by atomic mass is 32.2. The summed E-state index contributed by atoms with van der Waals surface area (Å²) < 4.78 is 27.7. The van der Waals surface area contributed by atoms with E-state index in [0.717, 1.165) is 25.5 Å². The Bertz CT molecular complexity index is 386. The molecule has 0 unspecified atom stereocenters. The monoisotopic (exact) mass is 274 g/mol. The number of rotatable bonds is 6. The maximum atomic E-state index is 11.3. The van der Waals surface area contributed by atoms with Crippen LogP contribution in [0.1, 0.15) is 40.0 Å². The van der Waals surface area contributed by atoms with Gasteiger partial charge < -0.3 is 0 Å². The molecule has 0 heterocycles. The fourth-order valence-electron chi connectivity index (χ4n) is 3.51. The Kier molecular flexibility index (Phi) is 5.01. The highest BCUT2D eigenvalue weighted by molar-refractivity contribution is 7.85. The molecule has 1 aliphatic rings. The maximum absolute atomic E-state index is 11.3. The lowest BCUT2D eigenvalue weighted by atomic mass is 9.67. The van der Waals surface area contributed by atoms with Crippen LogP contribution in [0.15, 0.2) is 12.7 Å². The van der Waals surface area contributed by atoms with Crippen LogP contribution in [0.2, 0.25) is 0 Å². The Labute approximate surface area is 112 Å². The average molecular weight is 274 g/mol. The van der Waals surface area contributed by atoms with Crippen molar-refractivity contribution in [1.82, 2.24) is 0 Å². The molecular formula is C14H26O3S. The molecule has 4 heteroatoms. The van der Waals surface area contributed by atoms with Gasteiger partial charge in [-0.25, -0.2) is 0 Å². The molecule has 0 aromatic carbocycles. The summed E-state index contributed by atoms with van der Waals surface area (Å²) >= 11 is 0. The van der Waals surface area contributed by atoms with Gasteiger partial charge in [-0.05, 0) is 37.0 Å². The second kappa shape index (κ2) is 5.74. The van der Waals surface area contributed by atoms with Crippen molar-refractivity contribution in [2.75, 3.05) is 12.9 Å². The molecule has 0 saturated heterocycles. The molecule has 106 valence electrons. The summed E-state index contributed by atoms with van der Waals surface area (Å²) in [5.74, 6) is 1.52. The van der Waals surface area contributed by atoms with E-state index >= 15 is 0 Å². The van der Waals surface area contributed by atoms with E-state index in [2.05, 4.69) is 27.4 Å². The van der Waals surface area contributed by atoms with E-state index < -0.39 is 10.1 Å². The Morgan fingerprint density at radius 1 is 1.44 bits per heavy atom. The van der Waals surface area contributed by atoms with Gasteiger partial charge in [-0.2, -0.15) is 8.42 Å². The van der Waals surface area contributed by atoms with Gasteiger partial charge in [-0.1, -0.05) is 26.8 Å². The molecule has 3 atom stereocenters. The van der Waals surface area contributed by atoms with E-state index in [0.29, 0.717) is 24.4 Å². The molecule has 1 saturated carbocycles. The van der Waals surface area contributed by atoms with Crippen LogP contribution < -0.4 is 0 Å². The van der Waals surface area contributed by atoms with Gasteiger partial charge in [0.25, 0.3) is 10.1 Å². The van der Waals surface area contributed by atoms with Crippen LogP contribution in [-0.2, 0) is 14.3 Å². The predicted molar refractivity (Wildman–Crippen MR) is 74.8 cm³/mol. The van der Waals surface area contributed by atoms with Gasteiger partial charge in [0.2, 0.25) is 0 Å². The first-order valence-corrected chi connectivity index (χ1v) is 8.50. The van der Waals surface area contributed by atoms with Crippen molar-refractivity contribution in [2.24, 2.45) is 23.2 Å². The Morgan fingerprint density at radius 3 is 2.50 bits per heavy atom. The fourth-order valence-corrected chi connectivity index (χ4v) is 3.95. The first kappa shape index (κ1) is 15.7. The van der Waals surface area contributed by atoms with Crippen LogP contribution in [0.4, 0.5) is 0 Å². The fraction of sp³-hybridized carbons (Fsp3) is 0.857. The molecule has 0 N–H and O–H groups in total. The van der Waals surface area contributed by atoms with Crippen molar-refractivity contribution >= 4 is 10.1 Å². The lowest BCUT2D eigenvalue weighted by Gasteiger charge is -2.40. The topological polar surface area (TPSA) is 43.4 Å². The molecule has 0 aliphatic heterocycles. The predicted octanol–water partition coefficient (Wildman–Crippen LogP) is 3.23. The standard InChI is InChI=1S/C14H26O3S/c1-6-9-14(10-17-18(5,15)16)12(4)7-8-13(14)11(2)3/h6,11-13H,1,7-10H2,2-5H3/t12-,13-,14-/m1/s1. The van der Waals surface area contributed by atoms with Gasteiger partial charge >= 0.3 is 0 Å². The Morgan fingerprint density at radius 2 is 2.06 bits per heavy atom. The van der Waals surface area contributed by atoms with Crippen molar-refractivity contribution < 1.29 is 12.6 Å². The summed E-state index contributed by atoms with van der Waals surface area (Å²) in [4.78, 5) is 0. The first-order chi connectivity index (χ1) is 8.23. The summed E-state index contributed by atoms with van der Waals surface area (Å²) in [6.07, 6.45) is 6.15. The second-order valence-electron chi connectivity index (χ2n) is 6.02. The average Bonchev–Trinajstić information content (AvgIpc) is 2.54. The SMILES string of the molecule is C=CC[C@@]1(COS(C)(=O)=O)[C@H](C)CC[C@@H]1C(C)C. The van der Waals surface area contributed by atoms with Gasteiger partial charge in [-0.3, -0.25) is 4.18 Å². The minimum atomic E-state index is -3.37. The molecule has 0 bridgehead atoms. The molecular weight excluding hydrogens is 248 g/mol. The van der Waals surface area contributed by atoms with E-state index in [1.807, 2.05) is 6.08 Å². The third kappa shape index (κ3) is 3.35. The molecule has 0 radical (unpaired) electrons. The van der Waals surface area contributed by atoms with Crippen LogP contribution in [0.25, 0.3) is 0 Å². The molecule has 3 nitrogen and oxygen atoms in total. The van der Waals surface area contributed by atoms with Crippen LogP contribution in [0, 0.1) is 23.2 Å². The Balaban J connectivity index is 2.98. The van der Waals surface area contributed by atoms with Crippen molar-refractivity contribution in [3.8, 4) is 0 Å². The molecule has 1 fully saturated rings. The summed E-state index contributed by atoms with van der Waals surface area (Å²) in [5, 5.41) is 0. The molecule has 0 aromatic rings. The third-order valence-electron chi connectivity index (χ3n) is 4.50. The largest absolute Gasteiger partial charge is 0.270 e. The summed E-state index contributed by atoms with van der Waals surface area (Å²) in [6, 6.07) is 0.